The summed E-state index contributed by atoms with van der Waals surface area (Å²) in [5.41, 5.74) is 2.87. The molecule has 6 heteroatoms. The number of rotatable bonds is 4. The number of benzene rings is 2. The van der Waals surface area contributed by atoms with E-state index in [-0.39, 0.29) is 6.42 Å². The van der Waals surface area contributed by atoms with Crippen molar-refractivity contribution in [2.24, 2.45) is 0 Å². The molecule has 23 heavy (non-hydrogen) atoms. The lowest BCUT2D eigenvalue weighted by Gasteiger charge is -2.06. The van der Waals surface area contributed by atoms with Crippen molar-refractivity contribution in [2.75, 3.05) is 7.11 Å². The minimum Gasteiger partial charge on any atom is -0.497 e. The highest BCUT2D eigenvalue weighted by molar-refractivity contribution is 6.36. The predicted molar refractivity (Wildman–Crippen MR) is 91.6 cm³/mol. The summed E-state index contributed by atoms with van der Waals surface area (Å²) in [6, 6.07) is 10.6. The number of carboxylic acid groups (broad SMARTS) is 1. The standard InChI is InChI=1S/C17H13Cl2NO3/c1-23-10-3-5-15-12(7-10)13(8-16(21)22)17(20-15)11-4-2-9(18)6-14(11)19/h2-7,20H,8H2,1H3,(H,21,22). The van der Waals surface area contributed by atoms with Gasteiger partial charge in [-0.15, -0.1) is 0 Å². The van der Waals surface area contributed by atoms with Gasteiger partial charge < -0.3 is 14.8 Å². The molecule has 3 aromatic rings. The number of aliphatic carboxylic acids is 1. The van der Waals surface area contributed by atoms with Crippen molar-refractivity contribution in [3.05, 3.63) is 52.0 Å². The van der Waals surface area contributed by atoms with Crippen molar-refractivity contribution in [3.63, 3.8) is 0 Å². The zero-order valence-corrected chi connectivity index (χ0v) is 13.7. The second kappa shape index (κ2) is 6.14. The highest BCUT2D eigenvalue weighted by Gasteiger charge is 2.18. The number of hydrogen-bond acceptors (Lipinski definition) is 2. The highest BCUT2D eigenvalue weighted by atomic mass is 35.5. The van der Waals surface area contributed by atoms with Crippen molar-refractivity contribution in [2.45, 2.75) is 6.42 Å². The van der Waals surface area contributed by atoms with E-state index < -0.39 is 5.97 Å². The Bertz CT molecular complexity index is 902. The van der Waals surface area contributed by atoms with Crippen LogP contribution in [-0.2, 0) is 11.2 Å². The molecule has 4 nitrogen and oxygen atoms in total. The van der Waals surface area contributed by atoms with Crippen LogP contribution in [0.4, 0.5) is 0 Å². The number of H-pyrrole nitrogens is 1. The van der Waals surface area contributed by atoms with Gasteiger partial charge in [-0.1, -0.05) is 23.2 Å². The number of carboxylic acids is 1. The lowest BCUT2D eigenvalue weighted by Crippen LogP contribution is -2.01. The third-order valence-corrected chi connectivity index (χ3v) is 4.19. The van der Waals surface area contributed by atoms with E-state index in [1.54, 1.807) is 25.3 Å². The van der Waals surface area contributed by atoms with Crippen molar-refractivity contribution in [1.82, 2.24) is 4.98 Å². The van der Waals surface area contributed by atoms with Gasteiger partial charge in [0.15, 0.2) is 0 Å². The lowest BCUT2D eigenvalue weighted by atomic mass is 10.0. The SMILES string of the molecule is COc1ccc2[nH]c(-c3ccc(Cl)cc3Cl)c(CC(=O)O)c2c1. The van der Waals surface area contributed by atoms with Crippen LogP contribution in [0.25, 0.3) is 22.2 Å². The molecule has 0 spiro atoms. The second-order valence-electron chi connectivity index (χ2n) is 5.08. The molecule has 0 radical (unpaired) electrons. The first-order valence-corrected chi connectivity index (χ1v) is 7.61. The Morgan fingerprint density at radius 1 is 1.22 bits per heavy atom. The Labute approximate surface area is 142 Å². The minimum absolute atomic E-state index is 0.124. The normalized spacial score (nSPS) is 10.9. The average molecular weight is 350 g/mol. The number of hydrogen-bond donors (Lipinski definition) is 2. The molecule has 0 fully saturated rings. The van der Waals surface area contributed by atoms with Gasteiger partial charge in [-0.2, -0.15) is 0 Å². The third kappa shape index (κ3) is 3.00. The highest BCUT2D eigenvalue weighted by Crippen LogP contribution is 2.37. The van der Waals surface area contributed by atoms with Crippen molar-refractivity contribution < 1.29 is 14.6 Å². The molecule has 0 unspecified atom stereocenters. The molecule has 0 aliphatic carbocycles. The van der Waals surface area contributed by atoms with E-state index in [2.05, 4.69) is 4.98 Å². The Hall–Kier alpha value is -2.17. The molecule has 0 bridgehead atoms. The average Bonchev–Trinajstić information content (AvgIpc) is 2.84. The zero-order valence-electron chi connectivity index (χ0n) is 12.2. The number of methoxy groups -OCH3 is 1. The van der Waals surface area contributed by atoms with E-state index in [9.17, 15) is 9.90 Å². The first kappa shape index (κ1) is 15.7. The maximum Gasteiger partial charge on any atom is 0.307 e. The molecular weight excluding hydrogens is 337 g/mol. The fourth-order valence-corrected chi connectivity index (χ4v) is 3.11. The number of fused-ring (bicyclic) bond motifs is 1. The van der Waals surface area contributed by atoms with Crippen LogP contribution >= 0.6 is 23.2 Å². The van der Waals surface area contributed by atoms with Crippen LogP contribution in [0.1, 0.15) is 5.56 Å². The number of aromatic amines is 1. The van der Waals surface area contributed by atoms with Gasteiger partial charge in [0.05, 0.1) is 24.2 Å². The molecule has 0 saturated heterocycles. The molecule has 2 aromatic carbocycles. The fourth-order valence-electron chi connectivity index (χ4n) is 2.61. The summed E-state index contributed by atoms with van der Waals surface area (Å²) in [7, 11) is 1.57. The summed E-state index contributed by atoms with van der Waals surface area (Å²) < 4.78 is 5.23. The van der Waals surface area contributed by atoms with Gasteiger partial charge in [0, 0.05) is 21.5 Å². The van der Waals surface area contributed by atoms with Gasteiger partial charge >= 0.3 is 5.97 Å². The summed E-state index contributed by atoms with van der Waals surface area (Å²) in [4.78, 5) is 14.5. The van der Waals surface area contributed by atoms with E-state index in [0.717, 1.165) is 10.9 Å². The Kier molecular flexibility index (Phi) is 4.20. The quantitative estimate of drug-likeness (QED) is 0.712. The maximum atomic E-state index is 11.3. The van der Waals surface area contributed by atoms with E-state index in [1.165, 1.54) is 0 Å². The van der Waals surface area contributed by atoms with Crippen LogP contribution in [0.2, 0.25) is 10.0 Å². The fraction of sp³-hybridized carbons (Fsp3) is 0.118. The molecule has 1 aromatic heterocycles. The largest absolute Gasteiger partial charge is 0.497 e. The van der Waals surface area contributed by atoms with Crippen LogP contribution in [-0.4, -0.2) is 23.2 Å². The van der Waals surface area contributed by atoms with E-state index in [0.29, 0.717) is 32.6 Å². The number of nitrogens with one attached hydrogen (secondary N) is 1. The van der Waals surface area contributed by atoms with Gasteiger partial charge in [-0.05, 0) is 42.0 Å². The first-order chi connectivity index (χ1) is 11.0. The molecule has 1 heterocycles. The Balaban J connectivity index is 2.28. The van der Waals surface area contributed by atoms with Crippen LogP contribution in [0, 0.1) is 0 Å². The third-order valence-electron chi connectivity index (χ3n) is 3.64. The zero-order chi connectivity index (χ0) is 16.6. The first-order valence-electron chi connectivity index (χ1n) is 6.85. The molecular formula is C17H13Cl2NO3. The van der Waals surface area contributed by atoms with E-state index in [1.807, 2.05) is 18.2 Å². The van der Waals surface area contributed by atoms with Crippen LogP contribution in [0.3, 0.4) is 0 Å². The molecule has 0 saturated carbocycles. The number of halogens is 2. The monoisotopic (exact) mass is 349 g/mol. The lowest BCUT2D eigenvalue weighted by molar-refractivity contribution is -0.136. The van der Waals surface area contributed by atoms with Gasteiger partial charge in [-0.3, -0.25) is 4.79 Å². The van der Waals surface area contributed by atoms with Gasteiger partial charge in [-0.25, -0.2) is 0 Å². The van der Waals surface area contributed by atoms with Crippen LogP contribution in [0.15, 0.2) is 36.4 Å². The molecule has 0 aliphatic heterocycles. The maximum absolute atomic E-state index is 11.3. The molecule has 0 amide bonds. The summed E-state index contributed by atoms with van der Waals surface area (Å²) in [5.74, 6) is -0.253. The van der Waals surface area contributed by atoms with E-state index in [4.69, 9.17) is 27.9 Å². The number of aromatic nitrogens is 1. The minimum atomic E-state index is -0.917. The Morgan fingerprint density at radius 2 is 2.00 bits per heavy atom. The summed E-state index contributed by atoms with van der Waals surface area (Å²) >= 11 is 12.2. The molecule has 0 aliphatic rings. The smallest absolute Gasteiger partial charge is 0.307 e. The second-order valence-corrected chi connectivity index (χ2v) is 5.93. The molecule has 0 atom stereocenters. The van der Waals surface area contributed by atoms with Crippen LogP contribution in [0.5, 0.6) is 5.75 Å². The summed E-state index contributed by atoms with van der Waals surface area (Å²) in [6.07, 6.45) is -0.124. The molecule has 118 valence electrons. The van der Waals surface area contributed by atoms with Gasteiger partial charge in [0.2, 0.25) is 0 Å². The molecule has 3 rings (SSSR count). The van der Waals surface area contributed by atoms with Crippen LogP contribution < -0.4 is 4.74 Å². The topological polar surface area (TPSA) is 62.3 Å². The number of carbonyl (C=O) groups is 1. The molecule has 2 N–H and O–H groups in total. The van der Waals surface area contributed by atoms with Crippen molar-refractivity contribution in [3.8, 4) is 17.0 Å². The van der Waals surface area contributed by atoms with Gasteiger partial charge in [0.1, 0.15) is 5.75 Å². The number of ether oxygens (including phenoxy) is 1. The van der Waals surface area contributed by atoms with E-state index >= 15 is 0 Å². The van der Waals surface area contributed by atoms with Gasteiger partial charge in [0.25, 0.3) is 0 Å². The van der Waals surface area contributed by atoms with Crippen molar-refractivity contribution in [1.29, 1.82) is 0 Å². The van der Waals surface area contributed by atoms with Crippen molar-refractivity contribution >= 4 is 40.1 Å². The Morgan fingerprint density at radius 3 is 2.65 bits per heavy atom. The summed E-state index contributed by atoms with van der Waals surface area (Å²) in [5, 5.41) is 11.0. The summed E-state index contributed by atoms with van der Waals surface area (Å²) in [6.45, 7) is 0. The predicted octanol–water partition coefficient (Wildman–Crippen LogP) is 4.78.